The molecule has 0 aromatic rings. The molecule has 74 valence electrons. The van der Waals surface area contributed by atoms with E-state index in [1.807, 2.05) is 0 Å². The smallest absolute Gasteiger partial charge is 0.323 e. The number of carbonyl (C=O) groups is 1. The second-order valence-electron chi connectivity index (χ2n) is 4.11. The van der Waals surface area contributed by atoms with Crippen LogP contribution in [0.3, 0.4) is 0 Å². The number of unbranched alkanes of at least 4 members (excludes halogenated alkanes) is 2. The van der Waals surface area contributed by atoms with Gasteiger partial charge in [-0.2, -0.15) is 0 Å². The van der Waals surface area contributed by atoms with Gasteiger partial charge in [0.1, 0.15) is 10.4 Å². The number of fused-ring (bicyclic) bond motifs is 1. The van der Waals surface area contributed by atoms with Crippen LogP contribution in [0.5, 0.6) is 0 Å². The molecule has 1 aliphatic heterocycles. The van der Waals surface area contributed by atoms with Gasteiger partial charge in [0.15, 0.2) is 0 Å². The predicted molar refractivity (Wildman–Crippen MR) is 53.8 cm³/mol. The highest BCUT2D eigenvalue weighted by molar-refractivity contribution is 9.10. The Hall–Kier alpha value is -0.0500. The summed E-state index contributed by atoms with van der Waals surface area (Å²) in [6.45, 7) is 2.19. The summed E-state index contributed by atoms with van der Waals surface area (Å²) in [5.41, 5.74) is 0. The van der Waals surface area contributed by atoms with Crippen LogP contribution in [-0.4, -0.2) is 16.4 Å². The molecule has 2 rings (SSSR count). The molecular formula is C10H15BrO2. The van der Waals surface area contributed by atoms with Crippen LogP contribution in [-0.2, 0) is 9.53 Å². The van der Waals surface area contributed by atoms with Crippen molar-refractivity contribution in [3.63, 3.8) is 0 Å². The minimum Gasteiger partial charge on any atom is -0.461 e. The second kappa shape index (κ2) is 3.26. The van der Waals surface area contributed by atoms with Gasteiger partial charge in [-0.05, 0) is 19.3 Å². The molecule has 0 amide bonds. The van der Waals surface area contributed by atoms with Gasteiger partial charge in [-0.25, -0.2) is 0 Å². The van der Waals surface area contributed by atoms with Crippen molar-refractivity contribution >= 4 is 21.9 Å². The van der Waals surface area contributed by atoms with Gasteiger partial charge in [0.05, 0.1) is 0 Å². The molecule has 0 aromatic carbocycles. The first-order valence-electron chi connectivity index (χ1n) is 5.08. The lowest BCUT2D eigenvalue weighted by Gasteiger charge is -2.10. The first-order chi connectivity index (χ1) is 6.18. The maximum Gasteiger partial charge on any atom is 0.323 e. The van der Waals surface area contributed by atoms with E-state index in [1.54, 1.807) is 0 Å². The zero-order valence-electron chi connectivity index (χ0n) is 7.88. The molecule has 2 fully saturated rings. The Kier molecular flexibility index (Phi) is 2.39. The largest absolute Gasteiger partial charge is 0.461 e. The van der Waals surface area contributed by atoms with E-state index < -0.39 is 0 Å². The Morgan fingerprint density at radius 2 is 2.38 bits per heavy atom. The summed E-state index contributed by atoms with van der Waals surface area (Å²) < 4.78 is 5.03. The summed E-state index contributed by atoms with van der Waals surface area (Å²) in [4.78, 5) is 11.3. The fourth-order valence-corrected chi connectivity index (χ4v) is 2.83. The number of cyclic esters (lactones) is 1. The lowest BCUT2D eigenvalue weighted by molar-refractivity contribution is -0.144. The van der Waals surface area contributed by atoms with Crippen molar-refractivity contribution < 1.29 is 9.53 Å². The van der Waals surface area contributed by atoms with E-state index >= 15 is 0 Å². The monoisotopic (exact) mass is 246 g/mol. The molecule has 1 saturated carbocycles. The van der Waals surface area contributed by atoms with Crippen molar-refractivity contribution in [3.8, 4) is 0 Å². The molecule has 1 aliphatic carbocycles. The van der Waals surface area contributed by atoms with Crippen molar-refractivity contribution in [2.75, 3.05) is 0 Å². The highest BCUT2D eigenvalue weighted by Gasteiger charge is 2.68. The minimum absolute atomic E-state index is 0.0287. The van der Waals surface area contributed by atoms with Gasteiger partial charge >= 0.3 is 5.97 Å². The Bertz CT molecular complexity index is 229. The standard InChI is InChI=1S/C10H15BrO2/c1-2-3-4-5-8-7-6-10(7,11)9(12)13-8/h7-8H,2-6H2,1H3. The van der Waals surface area contributed by atoms with Crippen LogP contribution < -0.4 is 0 Å². The molecule has 3 unspecified atom stereocenters. The van der Waals surface area contributed by atoms with Crippen molar-refractivity contribution in [2.24, 2.45) is 5.92 Å². The number of rotatable bonds is 4. The zero-order valence-corrected chi connectivity index (χ0v) is 9.47. The fourth-order valence-electron chi connectivity index (χ4n) is 2.10. The average molecular weight is 247 g/mol. The summed E-state index contributed by atoms with van der Waals surface area (Å²) in [7, 11) is 0. The molecule has 0 spiro atoms. The van der Waals surface area contributed by atoms with Crippen LogP contribution in [0.4, 0.5) is 0 Å². The molecule has 1 heterocycles. The zero-order chi connectivity index (χ0) is 9.47. The van der Waals surface area contributed by atoms with Crippen molar-refractivity contribution in [1.29, 1.82) is 0 Å². The van der Waals surface area contributed by atoms with Gasteiger partial charge in [-0.1, -0.05) is 35.7 Å². The number of hydrogen-bond acceptors (Lipinski definition) is 2. The fraction of sp³-hybridized carbons (Fsp3) is 0.900. The van der Waals surface area contributed by atoms with E-state index in [0.717, 1.165) is 12.8 Å². The number of halogens is 1. The molecule has 0 N–H and O–H groups in total. The molecule has 2 aliphatic rings. The number of esters is 1. The first-order valence-corrected chi connectivity index (χ1v) is 5.88. The maximum absolute atomic E-state index is 11.3. The summed E-state index contributed by atoms with van der Waals surface area (Å²) >= 11 is 3.46. The molecule has 13 heavy (non-hydrogen) atoms. The van der Waals surface area contributed by atoms with Crippen LogP contribution >= 0.6 is 15.9 Å². The Balaban J connectivity index is 1.81. The quantitative estimate of drug-likeness (QED) is 0.433. The van der Waals surface area contributed by atoms with Crippen LogP contribution in [0.1, 0.15) is 39.0 Å². The van der Waals surface area contributed by atoms with Gasteiger partial charge in [-0.3, -0.25) is 4.79 Å². The summed E-state index contributed by atoms with van der Waals surface area (Å²) in [5.74, 6) is 0.441. The summed E-state index contributed by atoms with van der Waals surface area (Å²) in [6, 6.07) is 0. The second-order valence-corrected chi connectivity index (χ2v) is 5.53. The van der Waals surface area contributed by atoms with Crippen LogP contribution in [0.2, 0.25) is 0 Å². The maximum atomic E-state index is 11.3. The van der Waals surface area contributed by atoms with E-state index in [4.69, 9.17) is 4.74 Å². The molecule has 0 bridgehead atoms. The topological polar surface area (TPSA) is 26.3 Å². The number of carbonyl (C=O) groups excluding carboxylic acids is 1. The van der Waals surface area contributed by atoms with Crippen molar-refractivity contribution in [3.05, 3.63) is 0 Å². The summed E-state index contributed by atoms with van der Waals surface area (Å²) in [6.07, 6.45) is 5.91. The van der Waals surface area contributed by atoms with E-state index in [1.165, 1.54) is 19.3 Å². The third-order valence-corrected chi connectivity index (χ3v) is 4.32. The van der Waals surface area contributed by atoms with E-state index in [9.17, 15) is 4.79 Å². The molecule has 3 atom stereocenters. The SMILES string of the molecule is CCCCCC1OC(=O)C2(Br)CC12. The molecule has 2 nitrogen and oxygen atoms in total. The van der Waals surface area contributed by atoms with Gasteiger partial charge in [0, 0.05) is 5.92 Å². The first kappa shape index (κ1) is 9.50. The minimum atomic E-state index is -0.260. The average Bonchev–Trinajstić information content (AvgIpc) is 2.72. The number of alkyl halides is 1. The van der Waals surface area contributed by atoms with Crippen LogP contribution in [0.25, 0.3) is 0 Å². The molecule has 0 radical (unpaired) electrons. The number of ether oxygens (including phenoxy) is 1. The van der Waals surface area contributed by atoms with Gasteiger partial charge in [0.2, 0.25) is 0 Å². The lowest BCUT2D eigenvalue weighted by Crippen LogP contribution is -2.15. The predicted octanol–water partition coefficient (Wildman–Crippen LogP) is 2.65. The molecule has 0 aromatic heterocycles. The number of hydrogen-bond donors (Lipinski definition) is 0. The van der Waals surface area contributed by atoms with E-state index in [0.29, 0.717) is 5.92 Å². The molecular weight excluding hydrogens is 232 g/mol. The Labute approximate surface area is 87.2 Å². The van der Waals surface area contributed by atoms with Crippen LogP contribution in [0, 0.1) is 5.92 Å². The highest BCUT2D eigenvalue weighted by atomic mass is 79.9. The molecule has 3 heteroatoms. The Morgan fingerprint density at radius 1 is 1.62 bits per heavy atom. The van der Waals surface area contributed by atoms with Gasteiger partial charge in [-0.15, -0.1) is 0 Å². The highest BCUT2D eigenvalue weighted by Crippen LogP contribution is 2.60. The van der Waals surface area contributed by atoms with Gasteiger partial charge < -0.3 is 4.74 Å². The van der Waals surface area contributed by atoms with Crippen molar-refractivity contribution in [1.82, 2.24) is 0 Å². The van der Waals surface area contributed by atoms with E-state index in [-0.39, 0.29) is 16.4 Å². The lowest BCUT2D eigenvalue weighted by atomic mass is 10.1. The summed E-state index contributed by atoms with van der Waals surface area (Å²) in [5, 5.41) is 0. The third kappa shape index (κ3) is 1.51. The molecule has 1 saturated heterocycles. The Morgan fingerprint density at radius 3 is 2.85 bits per heavy atom. The normalized spacial score (nSPS) is 41.5. The third-order valence-electron chi connectivity index (χ3n) is 3.08. The van der Waals surface area contributed by atoms with E-state index in [2.05, 4.69) is 22.9 Å². The van der Waals surface area contributed by atoms with Crippen LogP contribution in [0.15, 0.2) is 0 Å². The van der Waals surface area contributed by atoms with Crippen molar-refractivity contribution in [2.45, 2.75) is 49.5 Å². The van der Waals surface area contributed by atoms with Gasteiger partial charge in [0.25, 0.3) is 0 Å².